The Morgan fingerprint density at radius 3 is 2.79 bits per heavy atom. The number of pyridine rings is 2. The number of aromatic nitrogens is 3. The minimum atomic E-state index is -0.270. The van der Waals surface area contributed by atoms with Crippen molar-refractivity contribution in [3.05, 3.63) is 78.1 Å². The molecule has 7 heteroatoms. The average Bonchev–Trinajstić information content (AvgIpc) is 3.26. The molecule has 0 bridgehead atoms. The number of carbonyl (C=O) groups is 1. The summed E-state index contributed by atoms with van der Waals surface area (Å²) < 4.78 is 5.45. The summed E-state index contributed by atoms with van der Waals surface area (Å²) in [5.74, 6) is 0.0531. The number of nitrogens with one attached hydrogen (secondary N) is 1. The van der Waals surface area contributed by atoms with Gasteiger partial charge < -0.3 is 10.1 Å². The van der Waals surface area contributed by atoms with E-state index < -0.39 is 0 Å². The van der Waals surface area contributed by atoms with Gasteiger partial charge in [-0.25, -0.2) is 9.97 Å². The van der Waals surface area contributed by atoms with Crippen molar-refractivity contribution in [2.24, 2.45) is 0 Å². The number of carbonyl (C=O) groups excluding carboxylic acids is 1. The Morgan fingerprint density at radius 1 is 1.10 bits per heavy atom. The lowest BCUT2D eigenvalue weighted by Gasteiger charge is -2.10. The van der Waals surface area contributed by atoms with Crippen molar-refractivity contribution in [2.45, 2.75) is 6.92 Å². The Balaban J connectivity index is 1.56. The molecule has 144 valence electrons. The minimum absolute atomic E-state index is 0.270. The van der Waals surface area contributed by atoms with E-state index in [1.165, 1.54) is 0 Å². The molecule has 0 saturated carbocycles. The molecule has 0 atom stereocenters. The molecule has 3 heterocycles. The van der Waals surface area contributed by atoms with Crippen LogP contribution in [0.15, 0.2) is 72.5 Å². The van der Waals surface area contributed by atoms with Gasteiger partial charge in [-0.05, 0) is 43.3 Å². The SMILES string of the molecule is CCOc1ncccc1C(=O)Nc1cccc(-c2csc(-c3cccnc3)n2)c1. The Kier molecular flexibility index (Phi) is 5.58. The summed E-state index contributed by atoms with van der Waals surface area (Å²) in [7, 11) is 0. The molecule has 1 aromatic carbocycles. The zero-order valence-corrected chi connectivity index (χ0v) is 16.5. The van der Waals surface area contributed by atoms with Crippen LogP contribution in [0.4, 0.5) is 5.69 Å². The molecule has 6 nitrogen and oxygen atoms in total. The topological polar surface area (TPSA) is 77.0 Å². The van der Waals surface area contributed by atoms with Crippen LogP contribution in [0.3, 0.4) is 0 Å². The maximum absolute atomic E-state index is 12.7. The summed E-state index contributed by atoms with van der Waals surface area (Å²) in [6.07, 6.45) is 5.14. The molecule has 3 aromatic heterocycles. The van der Waals surface area contributed by atoms with Crippen LogP contribution >= 0.6 is 11.3 Å². The Hall–Kier alpha value is -3.58. The van der Waals surface area contributed by atoms with E-state index in [0.29, 0.717) is 23.7 Å². The predicted octanol–water partition coefficient (Wildman–Crippen LogP) is 4.92. The van der Waals surface area contributed by atoms with E-state index in [1.54, 1.807) is 42.1 Å². The molecule has 0 aliphatic heterocycles. The average molecular weight is 402 g/mol. The fourth-order valence-electron chi connectivity index (χ4n) is 2.80. The van der Waals surface area contributed by atoms with Crippen LogP contribution in [-0.4, -0.2) is 27.5 Å². The molecule has 0 radical (unpaired) electrons. The van der Waals surface area contributed by atoms with Crippen molar-refractivity contribution in [1.29, 1.82) is 0 Å². The molecule has 4 aromatic rings. The second-order valence-electron chi connectivity index (χ2n) is 6.10. The summed E-state index contributed by atoms with van der Waals surface area (Å²) in [4.78, 5) is 25.7. The number of hydrogen-bond donors (Lipinski definition) is 1. The molecule has 0 saturated heterocycles. The number of anilines is 1. The van der Waals surface area contributed by atoms with Crippen molar-refractivity contribution in [3.8, 4) is 27.7 Å². The second-order valence-corrected chi connectivity index (χ2v) is 6.96. The summed E-state index contributed by atoms with van der Waals surface area (Å²) in [6.45, 7) is 2.29. The third-order valence-corrected chi connectivity index (χ3v) is 5.02. The van der Waals surface area contributed by atoms with Gasteiger partial charge in [-0.1, -0.05) is 12.1 Å². The van der Waals surface area contributed by atoms with Gasteiger partial charge in [0.25, 0.3) is 5.91 Å². The van der Waals surface area contributed by atoms with Crippen molar-refractivity contribution in [2.75, 3.05) is 11.9 Å². The fourth-order valence-corrected chi connectivity index (χ4v) is 3.62. The summed E-state index contributed by atoms with van der Waals surface area (Å²) in [5, 5.41) is 5.81. The lowest BCUT2D eigenvalue weighted by atomic mass is 10.1. The molecule has 0 aliphatic rings. The maximum atomic E-state index is 12.7. The standard InChI is InChI=1S/C22H18N4O2S/c1-2-28-21-18(9-5-11-24-21)20(27)25-17-8-3-6-15(12-17)19-14-29-22(26-19)16-7-4-10-23-13-16/h3-14H,2H2,1H3,(H,25,27). The quantitative estimate of drug-likeness (QED) is 0.495. The molecule has 1 N–H and O–H groups in total. The van der Waals surface area contributed by atoms with Gasteiger partial charge in [-0.15, -0.1) is 11.3 Å². The summed E-state index contributed by atoms with van der Waals surface area (Å²) >= 11 is 1.56. The number of hydrogen-bond acceptors (Lipinski definition) is 6. The highest BCUT2D eigenvalue weighted by Gasteiger charge is 2.14. The molecular weight excluding hydrogens is 384 g/mol. The first kappa shape index (κ1) is 18.8. The van der Waals surface area contributed by atoms with E-state index in [0.717, 1.165) is 21.8 Å². The smallest absolute Gasteiger partial charge is 0.261 e. The normalized spacial score (nSPS) is 10.5. The van der Waals surface area contributed by atoms with Crippen LogP contribution in [-0.2, 0) is 0 Å². The van der Waals surface area contributed by atoms with E-state index in [-0.39, 0.29) is 5.91 Å². The van der Waals surface area contributed by atoms with Crippen molar-refractivity contribution in [3.63, 3.8) is 0 Å². The summed E-state index contributed by atoms with van der Waals surface area (Å²) in [5.41, 5.74) is 3.82. The zero-order valence-electron chi connectivity index (χ0n) is 15.7. The van der Waals surface area contributed by atoms with Crippen LogP contribution in [0.5, 0.6) is 5.88 Å². The van der Waals surface area contributed by atoms with Gasteiger partial charge in [0.05, 0.1) is 12.3 Å². The Bertz CT molecular complexity index is 1130. The van der Waals surface area contributed by atoms with Crippen molar-refractivity contribution in [1.82, 2.24) is 15.0 Å². The van der Waals surface area contributed by atoms with Gasteiger partial charge in [0.2, 0.25) is 5.88 Å². The van der Waals surface area contributed by atoms with Gasteiger partial charge in [0.1, 0.15) is 10.6 Å². The van der Waals surface area contributed by atoms with Gasteiger partial charge in [-0.2, -0.15) is 0 Å². The van der Waals surface area contributed by atoms with Gasteiger partial charge in [0, 0.05) is 40.8 Å². The fraction of sp³-hybridized carbons (Fsp3) is 0.0909. The highest BCUT2D eigenvalue weighted by Crippen LogP contribution is 2.29. The Labute approximate surface area is 172 Å². The van der Waals surface area contributed by atoms with Crippen molar-refractivity contribution < 1.29 is 9.53 Å². The molecule has 0 spiro atoms. The number of nitrogens with zero attached hydrogens (tertiary/aromatic N) is 3. The molecule has 0 unspecified atom stereocenters. The third kappa shape index (κ3) is 4.30. The largest absolute Gasteiger partial charge is 0.477 e. The van der Waals surface area contributed by atoms with Crippen LogP contribution in [0.2, 0.25) is 0 Å². The highest BCUT2D eigenvalue weighted by molar-refractivity contribution is 7.13. The van der Waals surface area contributed by atoms with Gasteiger partial charge in [-0.3, -0.25) is 9.78 Å². The first-order valence-electron chi connectivity index (χ1n) is 9.10. The van der Waals surface area contributed by atoms with E-state index >= 15 is 0 Å². The van der Waals surface area contributed by atoms with E-state index in [4.69, 9.17) is 9.72 Å². The monoisotopic (exact) mass is 402 g/mol. The Morgan fingerprint density at radius 2 is 1.97 bits per heavy atom. The van der Waals surface area contributed by atoms with Crippen LogP contribution in [0.1, 0.15) is 17.3 Å². The first-order valence-corrected chi connectivity index (χ1v) is 9.98. The number of amides is 1. The van der Waals surface area contributed by atoms with Crippen molar-refractivity contribution >= 4 is 22.9 Å². The molecular formula is C22H18N4O2S. The third-order valence-electron chi connectivity index (χ3n) is 4.13. The number of benzene rings is 1. The van der Waals surface area contributed by atoms with Gasteiger partial charge >= 0.3 is 0 Å². The lowest BCUT2D eigenvalue weighted by molar-refractivity contribution is 0.102. The first-order chi connectivity index (χ1) is 14.2. The molecule has 1 amide bonds. The maximum Gasteiger partial charge on any atom is 0.261 e. The molecule has 0 fully saturated rings. The zero-order chi connectivity index (χ0) is 20.1. The molecule has 0 aliphatic carbocycles. The molecule has 29 heavy (non-hydrogen) atoms. The molecule has 4 rings (SSSR count). The number of ether oxygens (including phenoxy) is 1. The number of rotatable bonds is 6. The lowest BCUT2D eigenvalue weighted by Crippen LogP contribution is -2.14. The number of thiazole rings is 1. The second kappa shape index (κ2) is 8.62. The summed E-state index contributed by atoms with van der Waals surface area (Å²) in [6, 6.07) is 14.9. The van der Waals surface area contributed by atoms with Crippen LogP contribution in [0.25, 0.3) is 21.8 Å². The predicted molar refractivity (Wildman–Crippen MR) is 114 cm³/mol. The van der Waals surface area contributed by atoms with E-state index in [2.05, 4.69) is 15.3 Å². The van der Waals surface area contributed by atoms with E-state index in [1.807, 2.05) is 48.7 Å². The van der Waals surface area contributed by atoms with E-state index in [9.17, 15) is 4.79 Å². The van der Waals surface area contributed by atoms with Gasteiger partial charge in [0.15, 0.2) is 0 Å². The minimum Gasteiger partial charge on any atom is -0.477 e. The highest BCUT2D eigenvalue weighted by atomic mass is 32.1. The van der Waals surface area contributed by atoms with Crippen LogP contribution in [0, 0.1) is 0 Å². The van der Waals surface area contributed by atoms with Crippen LogP contribution < -0.4 is 10.1 Å².